The van der Waals surface area contributed by atoms with Crippen LogP contribution in [0.2, 0.25) is 0 Å². The number of carbonyl (C=O) groups excluding carboxylic acids is 4. The van der Waals surface area contributed by atoms with Crippen LogP contribution in [0.15, 0.2) is 85.2 Å². The fourth-order valence-corrected chi connectivity index (χ4v) is 8.34. The second-order valence-electron chi connectivity index (χ2n) is 15.9. The molecule has 0 saturated carbocycles. The van der Waals surface area contributed by atoms with Crippen molar-refractivity contribution in [3.8, 4) is 46.1 Å². The Bertz CT molecular complexity index is 2560. The molecule has 2 aliphatic heterocycles. The zero-order valence-corrected chi connectivity index (χ0v) is 35.2. The van der Waals surface area contributed by atoms with E-state index < -0.39 is 29.6 Å². The maximum absolute atomic E-state index is 15.3. The molecule has 0 unspecified atom stereocenters. The summed E-state index contributed by atoms with van der Waals surface area (Å²) in [4.78, 5) is 71.6. The van der Waals surface area contributed by atoms with Gasteiger partial charge in [0.05, 0.1) is 69.1 Å². The van der Waals surface area contributed by atoms with Crippen molar-refractivity contribution in [2.75, 3.05) is 27.3 Å². The summed E-state index contributed by atoms with van der Waals surface area (Å²) in [6, 6.07) is 20.7. The Kier molecular flexibility index (Phi) is 13.6. The summed E-state index contributed by atoms with van der Waals surface area (Å²) >= 11 is 0. The van der Waals surface area contributed by atoms with Crippen molar-refractivity contribution in [3.05, 3.63) is 119 Å². The van der Waals surface area contributed by atoms with Gasteiger partial charge >= 0.3 is 11.9 Å². The number of methoxy groups -OCH3 is 2. The molecule has 2 aromatic heterocycles. The number of nitrogens with zero attached hydrogens (tertiary/aromatic N) is 4. The Morgan fingerprint density at radius 3 is 2.08 bits per heavy atom. The third kappa shape index (κ3) is 9.63. The molecule has 4 atom stereocenters. The molecule has 7 rings (SSSR count). The van der Waals surface area contributed by atoms with Crippen molar-refractivity contribution in [2.45, 2.75) is 70.4 Å². The normalized spacial score (nSPS) is 16.8. The average Bonchev–Trinajstić information content (AvgIpc) is 4.14. The first-order chi connectivity index (χ1) is 30.1. The first kappa shape index (κ1) is 43.1. The van der Waals surface area contributed by atoms with Crippen LogP contribution in [0.1, 0.15) is 98.8 Å². The van der Waals surface area contributed by atoms with Gasteiger partial charge in [-0.05, 0) is 73.1 Å². The molecule has 4 heterocycles. The molecule has 3 aromatic carbocycles. The van der Waals surface area contributed by atoms with E-state index in [0.29, 0.717) is 59.2 Å². The monoisotopic (exact) mass is 836 g/mol. The Hall–Kier alpha value is -6.99. The predicted molar refractivity (Wildman–Crippen MR) is 230 cm³/mol. The maximum atomic E-state index is 15.3. The van der Waals surface area contributed by atoms with Crippen LogP contribution in [-0.2, 0) is 28.7 Å². The molecule has 0 spiro atoms. The molecule has 12 nitrogen and oxygen atoms in total. The number of halogens is 1. The predicted octanol–water partition coefficient (Wildman–Crippen LogP) is 7.52. The molecular weight excluding hydrogens is 788 g/mol. The number of esters is 2. The number of imidazole rings is 2. The van der Waals surface area contributed by atoms with Crippen LogP contribution >= 0.6 is 0 Å². The van der Waals surface area contributed by atoms with Crippen LogP contribution in [0.3, 0.4) is 0 Å². The number of hydrogen-bond acceptors (Lipinski definition) is 8. The highest BCUT2D eigenvalue weighted by Gasteiger charge is 2.39. The summed E-state index contributed by atoms with van der Waals surface area (Å²) in [6.45, 7) is 4.96. The second-order valence-corrected chi connectivity index (χ2v) is 15.9. The SMILES string of the molecule is COC(=O)C[C@H](C(=O)N1CCC[C@H]1c1ncc(-c2ccc(C#CC#Cc3cnc([C@@H]4CCCN4C(=O)[C@H](CC(=O)OC)c4ccccc4)[nH]3)c(-c3ccccc3F)c2)[nH]1)C(C)C. The molecule has 0 bridgehead atoms. The Labute approximate surface area is 360 Å². The van der Waals surface area contributed by atoms with Gasteiger partial charge < -0.3 is 29.2 Å². The minimum Gasteiger partial charge on any atom is -0.469 e. The van der Waals surface area contributed by atoms with Crippen LogP contribution in [0, 0.1) is 41.3 Å². The summed E-state index contributed by atoms with van der Waals surface area (Å²) in [5.74, 6) is 10.4. The van der Waals surface area contributed by atoms with Gasteiger partial charge in [-0.2, -0.15) is 0 Å². The van der Waals surface area contributed by atoms with Crippen molar-refractivity contribution < 1.29 is 33.0 Å². The highest BCUT2D eigenvalue weighted by atomic mass is 19.1. The molecule has 2 amide bonds. The number of aromatic amines is 2. The molecule has 0 radical (unpaired) electrons. The van der Waals surface area contributed by atoms with Gasteiger partial charge in [0.25, 0.3) is 0 Å². The summed E-state index contributed by atoms with van der Waals surface area (Å²) in [6.07, 6.45) is 6.30. The number of ether oxygens (including phenoxy) is 2. The third-order valence-electron chi connectivity index (χ3n) is 11.7. The fourth-order valence-electron chi connectivity index (χ4n) is 8.34. The van der Waals surface area contributed by atoms with Gasteiger partial charge in [-0.3, -0.25) is 19.2 Å². The van der Waals surface area contributed by atoms with Gasteiger partial charge in [0.15, 0.2) is 0 Å². The average molecular weight is 837 g/mol. The quantitative estimate of drug-likeness (QED) is 0.0969. The molecule has 318 valence electrons. The van der Waals surface area contributed by atoms with Crippen molar-refractivity contribution in [3.63, 3.8) is 0 Å². The van der Waals surface area contributed by atoms with Gasteiger partial charge in [0.2, 0.25) is 11.8 Å². The maximum Gasteiger partial charge on any atom is 0.306 e. The van der Waals surface area contributed by atoms with E-state index in [1.807, 2.05) is 67.3 Å². The molecule has 2 N–H and O–H groups in total. The van der Waals surface area contributed by atoms with Crippen molar-refractivity contribution in [1.82, 2.24) is 29.7 Å². The largest absolute Gasteiger partial charge is 0.469 e. The minimum absolute atomic E-state index is 0.0178. The van der Waals surface area contributed by atoms with Crippen LogP contribution in [0.5, 0.6) is 0 Å². The zero-order chi connectivity index (χ0) is 43.8. The summed E-state index contributed by atoms with van der Waals surface area (Å²) in [7, 11) is 2.64. The number of hydrogen-bond donors (Lipinski definition) is 2. The molecule has 2 saturated heterocycles. The molecule has 13 heteroatoms. The lowest BCUT2D eigenvalue weighted by molar-refractivity contribution is -0.148. The van der Waals surface area contributed by atoms with E-state index in [1.165, 1.54) is 20.3 Å². The molecule has 5 aromatic rings. The number of benzene rings is 3. The molecule has 2 fully saturated rings. The highest BCUT2D eigenvalue weighted by Crippen LogP contribution is 2.37. The Balaban J connectivity index is 1.10. The number of carbonyl (C=O) groups is 4. The fraction of sp³-hybridized carbons (Fsp3) is 0.347. The van der Waals surface area contributed by atoms with E-state index in [0.717, 1.165) is 30.4 Å². The van der Waals surface area contributed by atoms with E-state index in [-0.39, 0.29) is 42.7 Å². The molecule has 0 aliphatic carbocycles. The molecular formula is C49H49FN6O6. The third-order valence-corrected chi connectivity index (χ3v) is 11.7. The van der Waals surface area contributed by atoms with E-state index in [9.17, 15) is 19.2 Å². The summed E-state index contributed by atoms with van der Waals surface area (Å²) in [5, 5.41) is 0. The van der Waals surface area contributed by atoms with E-state index in [2.05, 4.69) is 43.6 Å². The smallest absolute Gasteiger partial charge is 0.306 e. The number of amides is 2. The van der Waals surface area contributed by atoms with Gasteiger partial charge in [0.1, 0.15) is 23.2 Å². The van der Waals surface area contributed by atoms with E-state index in [1.54, 1.807) is 35.5 Å². The first-order valence-corrected chi connectivity index (χ1v) is 20.9. The van der Waals surface area contributed by atoms with Gasteiger partial charge in [-0.25, -0.2) is 14.4 Å². The lowest BCUT2D eigenvalue weighted by atomic mass is 9.91. The van der Waals surface area contributed by atoms with Crippen LogP contribution in [0.4, 0.5) is 4.39 Å². The zero-order valence-electron chi connectivity index (χ0n) is 35.2. The highest BCUT2D eigenvalue weighted by molar-refractivity contribution is 5.89. The number of likely N-dealkylation sites (tertiary alicyclic amines) is 2. The number of H-pyrrole nitrogens is 2. The second kappa shape index (κ2) is 19.6. The van der Waals surface area contributed by atoms with Crippen LogP contribution < -0.4 is 0 Å². The van der Waals surface area contributed by atoms with Crippen LogP contribution in [0.25, 0.3) is 22.4 Å². The molecule has 62 heavy (non-hydrogen) atoms. The lowest BCUT2D eigenvalue weighted by Gasteiger charge is -2.29. The summed E-state index contributed by atoms with van der Waals surface area (Å²) < 4.78 is 25.1. The lowest BCUT2D eigenvalue weighted by Crippen LogP contribution is -2.39. The van der Waals surface area contributed by atoms with E-state index in [4.69, 9.17) is 9.47 Å². The standard InChI is InChI=1S/C49H49FN6O6/c1-31(2)37(27-44(57)61-3)48(59)55-24-13-21-43(55)47-52-30-41(54-47)34-23-22-33(38(26-34)36-18-10-11-19-40(36)50)16-8-9-17-35-29-51-46(53-35)42-20-12-25-56(42)49(60)39(28-45(58)62-4)32-14-6-5-7-15-32/h5-7,10-11,14-15,18-19,22-23,26,29-31,37,39,42-43H,12-13,20-21,24-25,27-28H2,1-4H3,(H,51,53)(H,52,54)/t37-,39+,42-,43-/m0/s1. The van der Waals surface area contributed by atoms with Crippen molar-refractivity contribution in [1.29, 1.82) is 0 Å². The topological polar surface area (TPSA) is 151 Å². The van der Waals surface area contributed by atoms with Gasteiger partial charge in [0, 0.05) is 35.3 Å². The van der Waals surface area contributed by atoms with Crippen molar-refractivity contribution >= 4 is 23.8 Å². The van der Waals surface area contributed by atoms with Gasteiger partial charge in [-0.1, -0.05) is 74.4 Å². The van der Waals surface area contributed by atoms with E-state index >= 15 is 4.39 Å². The van der Waals surface area contributed by atoms with Gasteiger partial charge in [-0.15, -0.1) is 0 Å². The molecule has 2 aliphatic rings. The van der Waals surface area contributed by atoms with Crippen LogP contribution in [-0.4, -0.2) is 80.8 Å². The summed E-state index contributed by atoms with van der Waals surface area (Å²) in [5.41, 5.74) is 4.23. The first-order valence-electron chi connectivity index (χ1n) is 20.9. The Morgan fingerprint density at radius 1 is 0.758 bits per heavy atom. The number of rotatable bonds is 12. The minimum atomic E-state index is -0.682. The number of nitrogens with one attached hydrogen (secondary N) is 2. The Morgan fingerprint density at radius 2 is 1.39 bits per heavy atom. The van der Waals surface area contributed by atoms with Crippen molar-refractivity contribution in [2.24, 2.45) is 11.8 Å². The number of aromatic nitrogens is 4.